The molecule has 3 aliphatic rings. The SMILES string of the molecule is CN1CCC2(CC1)Oc1ccccc1[C@H]1CC(c3ccc(F)cc3)=NN12. The number of piperidine rings is 1. The summed E-state index contributed by atoms with van der Waals surface area (Å²) in [7, 11) is 2.15. The smallest absolute Gasteiger partial charge is 0.200 e. The molecule has 5 rings (SSSR count). The van der Waals surface area contributed by atoms with Gasteiger partial charge in [-0.25, -0.2) is 9.40 Å². The quantitative estimate of drug-likeness (QED) is 0.782. The zero-order chi connectivity index (χ0) is 17.7. The van der Waals surface area contributed by atoms with Crippen LogP contribution in [0.25, 0.3) is 0 Å². The van der Waals surface area contributed by atoms with E-state index in [2.05, 4.69) is 35.2 Å². The normalized spacial score (nSPS) is 24.0. The van der Waals surface area contributed by atoms with Gasteiger partial charge >= 0.3 is 0 Å². The summed E-state index contributed by atoms with van der Waals surface area (Å²) in [6, 6.07) is 15.1. The highest BCUT2D eigenvalue weighted by Crippen LogP contribution is 2.49. The van der Waals surface area contributed by atoms with E-state index in [1.807, 2.05) is 18.2 Å². The van der Waals surface area contributed by atoms with Crippen molar-refractivity contribution in [2.45, 2.75) is 31.0 Å². The lowest BCUT2D eigenvalue weighted by molar-refractivity contribution is -0.147. The second kappa shape index (κ2) is 5.81. The standard InChI is InChI=1S/C21H22FN3O/c1-24-12-10-21(11-13-24)25-19(17-4-2-3-5-20(17)26-21)14-18(23-25)15-6-8-16(22)9-7-15/h2-9,19H,10-14H2,1H3/t19-/m1/s1. The Balaban J connectivity index is 1.57. The first-order valence-corrected chi connectivity index (χ1v) is 9.24. The van der Waals surface area contributed by atoms with Gasteiger partial charge in [0.1, 0.15) is 11.6 Å². The van der Waals surface area contributed by atoms with Gasteiger partial charge in [0.2, 0.25) is 5.72 Å². The van der Waals surface area contributed by atoms with Gasteiger partial charge in [-0.2, -0.15) is 5.10 Å². The van der Waals surface area contributed by atoms with Gasteiger partial charge in [-0.1, -0.05) is 30.3 Å². The first-order valence-electron chi connectivity index (χ1n) is 9.24. The molecule has 1 fully saturated rings. The average Bonchev–Trinajstić information content (AvgIpc) is 3.12. The lowest BCUT2D eigenvalue weighted by atomic mass is 9.91. The summed E-state index contributed by atoms with van der Waals surface area (Å²) in [4.78, 5) is 2.34. The fraction of sp³-hybridized carbons (Fsp3) is 0.381. The number of hydrogen-bond donors (Lipinski definition) is 0. The first-order chi connectivity index (χ1) is 12.6. The van der Waals surface area contributed by atoms with E-state index in [-0.39, 0.29) is 17.6 Å². The number of para-hydroxylation sites is 1. The number of fused-ring (bicyclic) bond motifs is 4. The van der Waals surface area contributed by atoms with Crippen LogP contribution >= 0.6 is 0 Å². The van der Waals surface area contributed by atoms with E-state index in [0.717, 1.165) is 49.4 Å². The molecule has 1 spiro atoms. The second-order valence-corrected chi connectivity index (χ2v) is 7.51. The van der Waals surface area contributed by atoms with Crippen molar-refractivity contribution in [3.63, 3.8) is 0 Å². The molecule has 26 heavy (non-hydrogen) atoms. The predicted octanol–water partition coefficient (Wildman–Crippen LogP) is 3.79. The molecule has 1 atom stereocenters. The average molecular weight is 351 g/mol. The van der Waals surface area contributed by atoms with Crippen LogP contribution in [-0.2, 0) is 0 Å². The lowest BCUT2D eigenvalue weighted by Crippen LogP contribution is -2.58. The van der Waals surface area contributed by atoms with Gasteiger partial charge in [0.05, 0.1) is 11.8 Å². The maximum Gasteiger partial charge on any atom is 0.200 e. The monoisotopic (exact) mass is 351 g/mol. The molecule has 2 aromatic carbocycles. The number of rotatable bonds is 1. The van der Waals surface area contributed by atoms with E-state index in [9.17, 15) is 4.39 Å². The Bertz CT molecular complexity index is 856. The predicted molar refractivity (Wildman–Crippen MR) is 98.7 cm³/mol. The molecule has 0 radical (unpaired) electrons. The zero-order valence-corrected chi connectivity index (χ0v) is 14.9. The van der Waals surface area contributed by atoms with Crippen LogP contribution in [0.15, 0.2) is 53.6 Å². The summed E-state index contributed by atoms with van der Waals surface area (Å²) in [6.45, 7) is 1.99. The highest BCUT2D eigenvalue weighted by molar-refractivity contribution is 6.01. The van der Waals surface area contributed by atoms with E-state index < -0.39 is 0 Å². The van der Waals surface area contributed by atoms with Gasteiger partial charge in [0.25, 0.3) is 0 Å². The number of hydrogen-bond acceptors (Lipinski definition) is 4. The van der Waals surface area contributed by atoms with E-state index in [1.165, 1.54) is 17.7 Å². The summed E-state index contributed by atoms with van der Waals surface area (Å²) in [5.74, 6) is 0.763. The van der Waals surface area contributed by atoms with Crippen molar-refractivity contribution < 1.29 is 9.13 Å². The summed E-state index contributed by atoms with van der Waals surface area (Å²) in [5, 5.41) is 7.19. The molecule has 134 valence electrons. The lowest BCUT2D eigenvalue weighted by Gasteiger charge is -2.50. The Morgan fingerprint density at radius 1 is 1.08 bits per heavy atom. The van der Waals surface area contributed by atoms with Crippen LogP contribution in [0.4, 0.5) is 4.39 Å². The Morgan fingerprint density at radius 2 is 1.81 bits per heavy atom. The van der Waals surface area contributed by atoms with Gasteiger partial charge in [-0.15, -0.1) is 0 Å². The molecule has 0 aliphatic carbocycles. The summed E-state index contributed by atoms with van der Waals surface area (Å²) in [5.41, 5.74) is 2.81. The number of halogens is 1. The van der Waals surface area contributed by atoms with Crippen LogP contribution in [0.3, 0.4) is 0 Å². The van der Waals surface area contributed by atoms with Crippen molar-refractivity contribution in [3.05, 3.63) is 65.5 Å². The zero-order valence-electron chi connectivity index (χ0n) is 14.9. The van der Waals surface area contributed by atoms with Gasteiger partial charge in [0, 0.05) is 37.9 Å². The van der Waals surface area contributed by atoms with Gasteiger partial charge < -0.3 is 9.64 Å². The Kier molecular flexibility index (Phi) is 3.54. The van der Waals surface area contributed by atoms with Crippen molar-refractivity contribution in [1.29, 1.82) is 0 Å². The molecule has 0 bridgehead atoms. The van der Waals surface area contributed by atoms with Gasteiger partial charge in [0.15, 0.2) is 0 Å². The van der Waals surface area contributed by atoms with Crippen molar-refractivity contribution >= 4 is 5.71 Å². The molecular formula is C21H22FN3O. The third-order valence-corrected chi connectivity index (χ3v) is 5.85. The minimum atomic E-state index is -0.382. The molecule has 0 saturated carbocycles. The molecule has 5 heteroatoms. The highest BCUT2D eigenvalue weighted by atomic mass is 19.1. The molecule has 0 unspecified atom stereocenters. The second-order valence-electron chi connectivity index (χ2n) is 7.51. The Hall–Kier alpha value is -2.40. The van der Waals surface area contributed by atoms with Crippen LogP contribution in [-0.4, -0.2) is 41.5 Å². The van der Waals surface area contributed by atoms with Crippen LogP contribution in [0.2, 0.25) is 0 Å². The molecule has 2 aromatic rings. The summed E-state index contributed by atoms with van der Waals surface area (Å²) >= 11 is 0. The number of nitrogens with zero attached hydrogens (tertiary/aromatic N) is 3. The molecule has 4 nitrogen and oxygen atoms in total. The molecule has 0 N–H and O–H groups in total. The Morgan fingerprint density at radius 3 is 2.58 bits per heavy atom. The molecular weight excluding hydrogens is 329 g/mol. The van der Waals surface area contributed by atoms with Crippen LogP contribution in [0, 0.1) is 5.82 Å². The minimum absolute atomic E-state index is 0.184. The van der Waals surface area contributed by atoms with Crippen molar-refractivity contribution in [2.75, 3.05) is 20.1 Å². The molecule has 0 aromatic heterocycles. The fourth-order valence-electron chi connectivity index (χ4n) is 4.34. The summed E-state index contributed by atoms with van der Waals surface area (Å²) in [6.07, 6.45) is 2.67. The number of ether oxygens (including phenoxy) is 1. The van der Waals surface area contributed by atoms with Crippen molar-refractivity contribution in [3.8, 4) is 5.75 Å². The topological polar surface area (TPSA) is 28.1 Å². The van der Waals surface area contributed by atoms with E-state index in [4.69, 9.17) is 9.84 Å². The van der Waals surface area contributed by atoms with Gasteiger partial charge in [-0.3, -0.25) is 0 Å². The third kappa shape index (κ3) is 2.42. The summed E-state index contributed by atoms with van der Waals surface area (Å²) < 4.78 is 19.9. The number of benzene rings is 2. The van der Waals surface area contributed by atoms with E-state index in [0.29, 0.717) is 0 Å². The van der Waals surface area contributed by atoms with E-state index in [1.54, 1.807) is 0 Å². The number of likely N-dealkylation sites (tertiary alicyclic amines) is 1. The highest BCUT2D eigenvalue weighted by Gasteiger charge is 2.51. The maximum atomic E-state index is 13.3. The number of hydrazone groups is 1. The molecule has 3 heterocycles. The van der Waals surface area contributed by atoms with Gasteiger partial charge in [-0.05, 0) is 30.8 Å². The third-order valence-electron chi connectivity index (χ3n) is 5.85. The van der Waals surface area contributed by atoms with E-state index >= 15 is 0 Å². The van der Waals surface area contributed by atoms with Crippen LogP contribution < -0.4 is 4.74 Å². The first kappa shape index (κ1) is 15.8. The molecule has 1 saturated heterocycles. The minimum Gasteiger partial charge on any atom is -0.466 e. The maximum absolute atomic E-state index is 13.3. The fourth-order valence-corrected chi connectivity index (χ4v) is 4.34. The Labute approximate surface area is 152 Å². The van der Waals surface area contributed by atoms with Crippen molar-refractivity contribution in [2.24, 2.45) is 5.10 Å². The van der Waals surface area contributed by atoms with Crippen LogP contribution in [0.5, 0.6) is 5.75 Å². The van der Waals surface area contributed by atoms with Crippen LogP contribution in [0.1, 0.15) is 36.4 Å². The molecule has 3 aliphatic heterocycles. The van der Waals surface area contributed by atoms with Crippen molar-refractivity contribution in [1.82, 2.24) is 9.91 Å². The largest absolute Gasteiger partial charge is 0.466 e. The molecule has 0 amide bonds.